The van der Waals surface area contributed by atoms with E-state index in [1.165, 1.54) is 25.0 Å². The minimum atomic E-state index is -0.398. The summed E-state index contributed by atoms with van der Waals surface area (Å²) in [6.45, 7) is 0.751. The monoisotopic (exact) mass is 341 g/mol. The minimum absolute atomic E-state index is 0.141. The first-order valence-electron chi connectivity index (χ1n) is 6.32. The number of hydrogen-bond donors (Lipinski definition) is 1. The van der Waals surface area contributed by atoms with Crippen LogP contribution in [0.4, 0.5) is 4.39 Å². The molecular weight excluding hydrogens is 329 g/mol. The summed E-state index contributed by atoms with van der Waals surface area (Å²) in [5.74, 6) is 1.29. The minimum Gasteiger partial charge on any atom is -0.491 e. The Morgan fingerprint density at radius 2 is 2.25 bits per heavy atom. The van der Waals surface area contributed by atoms with E-state index in [9.17, 15) is 4.39 Å². The standard InChI is InChI=1S/C13H13BrFN3O2/c14-10-4-8(15)3-9(12(10)19-6-7-1-2-7)13-17-11(5-16)20-18-13/h3-4,7H,1-2,5-6,16H2. The molecule has 0 saturated heterocycles. The fraction of sp³-hybridized carbons (Fsp3) is 0.385. The maximum absolute atomic E-state index is 13.6. The van der Waals surface area contributed by atoms with Gasteiger partial charge in [-0.05, 0) is 46.8 Å². The molecule has 1 aliphatic rings. The Kier molecular flexibility index (Phi) is 3.71. The van der Waals surface area contributed by atoms with Gasteiger partial charge in [-0.15, -0.1) is 0 Å². The van der Waals surface area contributed by atoms with Crippen LogP contribution in [-0.4, -0.2) is 16.7 Å². The highest BCUT2D eigenvalue weighted by Crippen LogP contribution is 2.38. The molecule has 20 heavy (non-hydrogen) atoms. The number of rotatable bonds is 5. The van der Waals surface area contributed by atoms with E-state index in [0.717, 1.165) is 0 Å². The highest BCUT2D eigenvalue weighted by Gasteiger charge is 2.24. The van der Waals surface area contributed by atoms with Crippen molar-refractivity contribution in [1.82, 2.24) is 10.1 Å². The van der Waals surface area contributed by atoms with Crippen LogP contribution in [0, 0.1) is 11.7 Å². The van der Waals surface area contributed by atoms with Crippen molar-refractivity contribution in [2.75, 3.05) is 6.61 Å². The third-order valence-electron chi connectivity index (χ3n) is 3.05. The number of aromatic nitrogens is 2. The average molecular weight is 342 g/mol. The maximum atomic E-state index is 13.6. The van der Waals surface area contributed by atoms with Crippen LogP contribution in [0.5, 0.6) is 5.75 Å². The maximum Gasteiger partial charge on any atom is 0.240 e. The van der Waals surface area contributed by atoms with E-state index in [-0.39, 0.29) is 12.4 Å². The van der Waals surface area contributed by atoms with E-state index in [2.05, 4.69) is 26.1 Å². The molecule has 5 nitrogen and oxygen atoms in total. The third-order valence-corrected chi connectivity index (χ3v) is 3.64. The Bertz CT molecular complexity index is 628. The summed E-state index contributed by atoms with van der Waals surface area (Å²) >= 11 is 3.31. The van der Waals surface area contributed by atoms with Gasteiger partial charge < -0.3 is 15.0 Å². The molecule has 0 unspecified atom stereocenters. The van der Waals surface area contributed by atoms with Crippen LogP contribution < -0.4 is 10.5 Å². The number of nitrogens with zero attached hydrogens (tertiary/aromatic N) is 2. The second-order valence-electron chi connectivity index (χ2n) is 4.73. The van der Waals surface area contributed by atoms with Crippen molar-refractivity contribution < 1.29 is 13.7 Å². The van der Waals surface area contributed by atoms with Crippen LogP contribution in [0.2, 0.25) is 0 Å². The van der Waals surface area contributed by atoms with E-state index >= 15 is 0 Å². The van der Waals surface area contributed by atoms with Gasteiger partial charge in [0, 0.05) is 0 Å². The summed E-state index contributed by atoms with van der Waals surface area (Å²) in [4.78, 5) is 4.11. The van der Waals surface area contributed by atoms with Gasteiger partial charge in [-0.25, -0.2) is 4.39 Å². The predicted octanol–water partition coefficient (Wildman–Crippen LogP) is 2.89. The first-order chi connectivity index (χ1) is 9.67. The van der Waals surface area contributed by atoms with Crippen LogP contribution in [0.15, 0.2) is 21.1 Å². The molecule has 1 aromatic carbocycles. The molecule has 1 saturated carbocycles. The number of ether oxygens (including phenoxy) is 1. The van der Waals surface area contributed by atoms with Crippen LogP contribution in [0.25, 0.3) is 11.4 Å². The Hall–Kier alpha value is -1.47. The summed E-state index contributed by atoms with van der Waals surface area (Å²) in [5, 5.41) is 3.81. The molecule has 1 heterocycles. The van der Waals surface area contributed by atoms with Gasteiger partial charge in [0.15, 0.2) is 0 Å². The zero-order valence-electron chi connectivity index (χ0n) is 10.6. The van der Waals surface area contributed by atoms with E-state index < -0.39 is 5.82 Å². The van der Waals surface area contributed by atoms with Crippen molar-refractivity contribution in [3.8, 4) is 17.1 Å². The lowest BCUT2D eigenvalue weighted by Crippen LogP contribution is -2.02. The Balaban J connectivity index is 1.97. The first-order valence-corrected chi connectivity index (χ1v) is 7.11. The van der Waals surface area contributed by atoms with Crippen LogP contribution in [-0.2, 0) is 6.54 Å². The molecule has 1 aliphatic carbocycles. The molecule has 0 radical (unpaired) electrons. The molecule has 7 heteroatoms. The van der Waals surface area contributed by atoms with Crippen molar-refractivity contribution in [3.63, 3.8) is 0 Å². The van der Waals surface area contributed by atoms with Gasteiger partial charge in [0.2, 0.25) is 11.7 Å². The molecule has 2 N–H and O–H groups in total. The molecule has 0 spiro atoms. The normalized spacial score (nSPS) is 14.6. The lowest BCUT2D eigenvalue weighted by atomic mass is 10.2. The lowest BCUT2D eigenvalue weighted by Gasteiger charge is -2.11. The lowest BCUT2D eigenvalue weighted by molar-refractivity contribution is 0.298. The van der Waals surface area contributed by atoms with Gasteiger partial charge in [0.1, 0.15) is 11.6 Å². The molecule has 0 bridgehead atoms. The third kappa shape index (κ3) is 2.83. The summed E-state index contributed by atoms with van der Waals surface area (Å²) in [6.07, 6.45) is 2.35. The second-order valence-corrected chi connectivity index (χ2v) is 5.59. The molecule has 0 atom stereocenters. The largest absolute Gasteiger partial charge is 0.491 e. The van der Waals surface area contributed by atoms with Crippen molar-refractivity contribution in [1.29, 1.82) is 0 Å². The van der Waals surface area contributed by atoms with Gasteiger partial charge in [0.25, 0.3) is 0 Å². The predicted molar refractivity (Wildman–Crippen MR) is 73.5 cm³/mol. The SMILES string of the molecule is NCc1nc(-c2cc(F)cc(Br)c2OCC2CC2)no1. The summed E-state index contributed by atoms with van der Waals surface area (Å²) in [6, 6.07) is 2.69. The van der Waals surface area contributed by atoms with Gasteiger partial charge in [0.05, 0.1) is 23.2 Å². The van der Waals surface area contributed by atoms with Crippen molar-refractivity contribution in [2.45, 2.75) is 19.4 Å². The molecule has 2 aromatic rings. The van der Waals surface area contributed by atoms with Gasteiger partial charge in [-0.2, -0.15) is 4.98 Å². The van der Waals surface area contributed by atoms with Gasteiger partial charge in [-0.1, -0.05) is 5.16 Å². The number of hydrogen-bond acceptors (Lipinski definition) is 5. The molecular formula is C13H13BrFN3O2. The van der Waals surface area contributed by atoms with E-state index in [1.807, 2.05) is 0 Å². The summed E-state index contributed by atoms with van der Waals surface area (Å²) in [7, 11) is 0. The van der Waals surface area contributed by atoms with Crippen LogP contribution in [0.3, 0.4) is 0 Å². The zero-order valence-corrected chi connectivity index (χ0v) is 12.2. The average Bonchev–Trinajstić information content (AvgIpc) is 3.12. The van der Waals surface area contributed by atoms with Gasteiger partial charge in [-0.3, -0.25) is 0 Å². The second kappa shape index (κ2) is 5.49. The van der Waals surface area contributed by atoms with Crippen molar-refractivity contribution >= 4 is 15.9 Å². The summed E-state index contributed by atoms with van der Waals surface area (Å²) in [5.41, 5.74) is 5.89. The van der Waals surface area contributed by atoms with Gasteiger partial charge >= 0.3 is 0 Å². The fourth-order valence-corrected chi connectivity index (χ4v) is 2.35. The number of nitrogens with two attached hydrogens (primary N) is 1. The first kappa shape index (κ1) is 13.5. The molecule has 1 fully saturated rings. The molecule has 3 rings (SSSR count). The molecule has 0 aliphatic heterocycles. The van der Waals surface area contributed by atoms with E-state index in [1.54, 1.807) is 0 Å². The Morgan fingerprint density at radius 3 is 2.90 bits per heavy atom. The van der Waals surface area contributed by atoms with Crippen LogP contribution in [0.1, 0.15) is 18.7 Å². The highest BCUT2D eigenvalue weighted by atomic mass is 79.9. The van der Waals surface area contributed by atoms with Crippen LogP contribution >= 0.6 is 15.9 Å². The Morgan fingerprint density at radius 1 is 1.45 bits per heavy atom. The molecule has 0 amide bonds. The van der Waals surface area contributed by atoms with E-state index in [0.29, 0.717) is 34.2 Å². The highest BCUT2D eigenvalue weighted by molar-refractivity contribution is 9.10. The quantitative estimate of drug-likeness (QED) is 0.904. The van der Waals surface area contributed by atoms with E-state index in [4.69, 9.17) is 15.0 Å². The number of benzene rings is 1. The Labute approximate surface area is 123 Å². The topological polar surface area (TPSA) is 74.2 Å². The zero-order chi connectivity index (χ0) is 14.1. The number of halogens is 2. The molecule has 1 aromatic heterocycles. The fourth-order valence-electron chi connectivity index (χ4n) is 1.81. The summed E-state index contributed by atoms with van der Waals surface area (Å²) < 4.78 is 24.9. The van der Waals surface area contributed by atoms with Crippen molar-refractivity contribution in [3.05, 3.63) is 28.3 Å². The van der Waals surface area contributed by atoms with Crippen molar-refractivity contribution in [2.24, 2.45) is 11.7 Å². The molecule has 106 valence electrons. The smallest absolute Gasteiger partial charge is 0.240 e.